The molecule has 0 saturated heterocycles. The standard InChI is InChI=1S/C22H31IO3S/c1-8-27(24,25)26-23(19-13-9-17(10-14-19)21(2,3)4)20-15-11-18(12-16-20)22(5,6)7/h9-16H,8H2,1-7H3/q+1. The second-order valence-electron chi connectivity index (χ2n) is 8.67. The van der Waals surface area contributed by atoms with E-state index in [1.165, 1.54) is 11.1 Å². The molecule has 0 aliphatic heterocycles. The lowest BCUT2D eigenvalue weighted by molar-refractivity contribution is -1.03. The molecule has 2 aromatic carbocycles. The van der Waals surface area contributed by atoms with Gasteiger partial charge in [0.15, 0.2) is 7.14 Å². The molecule has 2 rings (SSSR count). The molecule has 0 bridgehead atoms. The molecule has 0 unspecified atom stereocenters. The smallest absolute Gasteiger partial charge is 0.196 e. The molecule has 0 heterocycles. The van der Waals surface area contributed by atoms with Crippen LogP contribution in [0.2, 0.25) is 0 Å². The van der Waals surface area contributed by atoms with Gasteiger partial charge >= 0.3 is 30.4 Å². The maximum atomic E-state index is 12.2. The molecule has 0 spiro atoms. The Balaban J connectivity index is 2.46. The summed E-state index contributed by atoms with van der Waals surface area (Å²) in [4.78, 5) is 0. The Hall–Kier alpha value is -0.920. The predicted octanol–water partition coefficient (Wildman–Crippen LogP) is 2.23. The number of rotatable bonds is 5. The topological polar surface area (TPSA) is 43.4 Å². The average molecular weight is 502 g/mol. The van der Waals surface area contributed by atoms with Crippen LogP contribution in [0.3, 0.4) is 0 Å². The third-order valence-electron chi connectivity index (χ3n) is 4.33. The zero-order valence-electron chi connectivity index (χ0n) is 17.3. The summed E-state index contributed by atoms with van der Waals surface area (Å²) in [5.41, 5.74) is 2.57. The lowest BCUT2D eigenvalue weighted by Gasteiger charge is -2.19. The number of hydrogen-bond acceptors (Lipinski definition) is 3. The molecule has 3 nitrogen and oxygen atoms in total. The minimum atomic E-state index is -3.52. The molecule has 0 N–H and O–H groups in total. The average Bonchev–Trinajstić information content (AvgIpc) is 2.58. The molecule has 149 valence electrons. The Labute approximate surface area is 172 Å². The molecule has 0 aliphatic carbocycles. The summed E-state index contributed by atoms with van der Waals surface area (Å²) in [5, 5.41) is 0. The Kier molecular flexibility index (Phi) is 6.80. The molecular formula is C22H31IO3S+. The Morgan fingerprint density at radius 3 is 1.33 bits per heavy atom. The van der Waals surface area contributed by atoms with E-state index in [1.54, 1.807) is 6.92 Å². The molecule has 1 radical (unpaired) electrons. The molecule has 5 heteroatoms. The van der Waals surface area contributed by atoms with Crippen LogP contribution < -0.4 is 20.2 Å². The summed E-state index contributed by atoms with van der Waals surface area (Å²) < 4.78 is 32.2. The van der Waals surface area contributed by atoms with Gasteiger partial charge in [-0.05, 0) is 55.7 Å². The van der Waals surface area contributed by atoms with Crippen molar-refractivity contribution < 1.29 is 31.2 Å². The lowest BCUT2D eigenvalue weighted by Crippen LogP contribution is -3.85. The van der Waals surface area contributed by atoms with Crippen LogP contribution in [0.1, 0.15) is 59.6 Å². The van der Waals surface area contributed by atoms with E-state index in [2.05, 4.69) is 65.8 Å². The lowest BCUT2D eigenvalue weighted by atomic mass is 9.87. The van der Waals surface area contributed by atoms with Gasteiger partial charge in [0.25, 0.3) is 0 Å². The van der Waals surface area contributed by atoms with Crippen LogP contribution in [0.4, 0.5) is 0 Å². The first-order valence-electron chi connectivity index (χ1n) is 9.17. The second-order valence-corrected chi connectivity index (χ2v) is 15.5. The van der Waals surface area contributed by atoms with Crippen molar-refractivity contribution in [3.8, 4) is 0 Å². The predicted molar refractivity (Wildman–Crippen MR) is 108 cm³/mol. The maximum absolute atomic E-state index is 12.2. The third-order valence-corrected chi connectivity index (χ3v) is 11.8. The van der Waals surface area contributed by atoms with E-state index in [-0.39, 0.29) is 16.6 Å². The van der Waals surface area contributed by atoms with Crippen LogP contribution in [0, 0.1) is 7.14 Å². The minimum absolute atomic E-state index is 0.0128. The fourth-order valence-corrected chi connectivity index (χ4v) is 9.29. The molecule has 0 saturated carbocycles. The highest BCUT2D eigenvalue weighted by Gasteiger charge is 2.36. The second kappa shape index (κ2) is 8.21. The van der Waals surface area contributed by atoms with Gasteiger partial charge < -0.3 is 0 Å². The van der Waals surface area contributed by atoms with Crippen molar-refractivity contribution in [3.63, 3.8) is 0 Å². The molecule has 0 aliphatic rings. The summed E-state index contributed by atoms with van der Waals surface area (Å²) in [7, 11) is -3.52. The van der Waals surface area contributed by atoms with E-state index in [9.17, 15) is 8.42 Å². The fraction of sp³-hybridized carbons (Fsp3) is 0.455. The van der Waals surface area contributed by atoms with Gasteiger partial charge in [-0.2, -0.15) is 8.42 Å². The third kappa shape index (κ3) is 6.03. The number of benzene rings is 2. The van der Waals surface area contributed by atoms with E-state index in [1.807, 2.05) is 24.3 Å². The van der Waals surface area contributed by atoms with Crippen molar-refractivity contribution in [2.45, 2.75) is 59.3 Å². The van der Waals surface area contributed by atoms with E-state index in [0.717, 1.165) is 7.14 Å². The summed E-state index contributed by atoms with van der Waals surface area (Å²) >= 11 is -2.55. The van der Waals surface area contributed by atoms with Crippen LogP contribution >= 0.6 is 0 Å². The maximum Gasteiger partial charge on any atom is 0.324 e. The van der Waals surface area contributed by atoms with Crippen molar-refractivity contribution in [3.05, 3.63) is 66.8 Å². The van der Waals surface area contributed by atoms with Gasteiger partial charge in [0.2, 0.25) is 0 Å². The number of halogens is 1. The van der Waals surface area contributed by atoms with Gasteiger partial charge in [-0.25, -0.2) is 0 Å². The van der Waals surface area contributed by atoms with Crippen LogP contribution in [0.15, 0.2) is 48.5 Å². The van der Waals surface area contributed by atoms with E-state index < -0.39 is 30.4 Å². The van der Waals surface area contributed by atoms with Crippen molar-refractivity contribution in [1.29, 1.82) is 0 Å². The van der Waals surface area contributed by atoms with Crippen LogP contribution in [-0.2, 0) is 23.5 Å². The van der Waals surface area contributed by atoms with Gasteiger partial charge in [0.05, 0.1) is 5.75 Å². The van der Waals surface area contributed by atoms with Gasteiger partial charge in [-0.15, -0.1) is 0 Å². The van der Waals surface area contributed by atoms with Gasteiger partial charge in [0, 0.05) is 0 Å². The van der Waals surface area contributed by atoms with E-state index in [4.69, 9.17) is 2.51 Å². The molecule has 0 amide bonds. The Bertz CT molecular complexity index is 798. The van der Waals surface area contributed by atoms with E-state index in [0.29, 0.717) is 0 Å². The zero-order chi connectivity index (χ0) is 20.5. The molecule has 2 aromatic rings. The quantitative estimate of drug-likeness (QED) is 0.590. The highest BCUT2D eigenvalue weighted by atomic mass is 127. The van der Waals surface area contributed by atoms with Crippen molar-refractivity contribution in [2.75, 3.05) is 5.75 Å². The summed E-state index contributed by atoms with van der Waals surface area (Å²) in [6.07, 6.45) is 0. The first kappa shape index (κ1) is 22.4. The fourth-order valence-electron chi connectivity index (χ4n) is 2.47. The first-order valence-corrected chi connectivity index (χ1v) is 13.8. The van der Waals surface area contributed by atoms with Crippen LogP contribution in [0.5, 0.6) is 0 Å². The molecule has 27 heavy (non-hydrogen) atoms. The van der Waals surface area contributed by atoms with Crippen LogP contribution in [-0.4, -0.2) is 14.2 Å². The normalized spacial score (nSPS) is 13.2. The van der Waals surface area contributed by atoms with Crippen molar-refractivity contribution >= 4 is 10.1 Å². The molecule has 0 atom stereocenters. The first-order chi connectivity index (χ1) is 12.3. The van der Waals surface area contributed by atoms with Gasteiger partial charge in [0.1, 0.15) is 0 Å². The van der Waals surface area contributed by atoms with Crippen LogP contribution in [0.25, 0.3) is 0 Å². The summed E-state index contributed by atoms with van der Waals surface area (Å²) in [6, 6.07) is 16.5. The SMILES string of the molecule is CCS(=O)(=O)O[I+](c1ccc(C(C)(C)C)cc1)c1ccc(C(C)(C)C)cc1. The molecule has 0 fully saturated rings. The molecular weight excluding hydrogens is 471 g/mol. The van der Waals surface area contributed by atoms with E-state index >= 15 is 0 Å². The summed E-state index contributed by atoms with van der Waals surface area (Å²) in [6.45, 7) is 14.6. The Morgan fingerprint density at radius 1 is 0.741 bits per heavy atom. The highest BCUT2D eigenvalue weighted by Crippen LogP contribution is 2.22. The highest BCUT2D eigenvalue weighted by molar-refractivity contribution is 7.86. The number of hydrogen-bond donors (Lipinski definition) is 0. The van der Waals surface area contributed by atoms with Crippen molar-refractivity contribution in [2.24, 2.45) is 0 Å². The Morgan fingerprint density at radius 2 is 1.07 bits per heavy atom. The van der Waals surface area contributed by atoms with Gasteiger partial charge in [-0.3, -0.25) is 0 Å². The molecule has 0 aromatic heterocycles. The van der Waals surface area contributed by atoms with Gasteiger partial charge in [-0.1, -0.05) is 65.8 Å². The monoisotopic (exact) mass is 502 g/mol. The largest absolute Gasteiger partial charge is 0.324 e. The minimum Gasteiger partial charge on any atom is -0.196 e. The summed E-state index contributed by atoms with van der Waals surface area (Å²) in [5.74, 6) is -0.0128. The van der Waals surface area contributed by atoms with Crippen molar-refractivity contribution in [1.82, 2.24) is 0 Å². The zero-order valence-corrected chi connectivity index (χ0v) is 20.3.